The second-order valence-electron chi connectivity index (χ2n) is 7.52. The molecule has 1 aliphatic carbocycles. The standard InChI is InChI=1S/C20H18N2S3/c1-10-5-6-13(17-16(10)21-25-22-17)15-8-14-19(24-15)18-12(7-11(2)23-18)9-20(14,3)4/h5-8H,9H2,1-4H3. The van der Waals surface area contributed by atoms with Crippen molar-refractivity contribution in [3.8, 4) is 20.2 Å². The number of benzene rings is 1. The van der Waals surface area contributed by atoms with Crippen molar-refractivity contribution < 1.29 is 0 Å². The van der Waals surface area contributed by atoms with Crippen molar-refractivity contribution >= 4 is 45.4 Å². The molecule has 3 aromatic heterocycles. The lowest BCUT2D eigenvalue weighted by molar-refractivity contribution is 0.521. The number of hydrogen-bond donors (Lipinski definition) is 0. The maximum atomic E-state index is 4.59. The summed E-state index contributed by atoms with van der Waals surface area (Å²) in [5, 5.41) is 0. The summed E-state index contributed by atoms with van der Waals surface area (Å²) in [6.45, 7) is 9.06. The summed E-state index contributed by atoms with van der Waals surface area (Å²) >= 11 is 5.16. The molecule has 0 amide bonds. The molecule has 4 aromatic rings. The van der Waals surface area contributed by atoms with Crippen LogP contribution >= 0.6 is 34.4 Å². The molecule has 2 nitrogen and oxygen atoms in total. The molecule has 0 saturated carbocycles. The highest BCUT2D eigenvalue weighted by molar-refractivity contribution is 7.24. The van der Waals surface area contributed by atoms with Gasteiger partial charge in [-0.25, -0.2) is 0 Å². The van der Waals surface area contributed by atoms with Gasteiger partial charge in [-0.05, 0) is 54.5 Å². The molecule has 25 heavy (non-hydrogen) atoms. The van der Waals surface area contributed by atoms with Crippen LogP contribution in [0.25, 0.3) is 31.2 Å². The first kappa shape index (κ1) is 15.7. The van der Waals surface area contributed by atoms with Gasteiger partial charge in [-0.1, -0.05) is 26.0 Å². The molecule has 1 aliphatic rings. The highest BCUT2D eigenvalue weighted by Gasteiger charge is 2.34. The largest absolute Gasteiger partial charge is 0.173 e. The second kappa shape index (κ2) is 5.22. The number of aromatic nitrogens is 2. The van der Waals surface area contributed by atoms with E-state index in [4.69, 9.17) is 0 Å². The van der Waals surface area contributed by atoms with Gasteiger partial charge in [0, 0.05) is 25.1 Å². The predicted molar refractivity (Wildman–Crippen MR) is 110 cm³/mol. The van der Waals surface area contributed by atoms with Crippen molar-refractivity contribution in [3.63, 3.8) is 0 Å². The zero-order valence-electron chi connectivity index (χ0n) is 14.6. The van der Waals surface area contributed by atoms with Crippen LogP contribution < -0.4 is 0 Å². The van der Waals surface area contributed by atoms with Gasteiger partial charge in [0.1, 0.15) is 11.0 Å². The lowest BCUT2D eigenvalue weighted by atomic mass is 9.75. The third-order valence-electron chi connectivity index (χ3n) is 5.11. The minimum atomic E-state index is 0.175. The van der Waals surface area contributed by atoms with Gasteiger partial charge < -0.3 is 0 Å². The zero-order chi connectivity index (χ0) is 17.3. The monoisotopic (exact) mass is 382 g/mol. The summed E-state index contributed by atoms with van der Waals surface area (Å²) in [4.78, 5) is 5.65. The van der Waals surface area contributed by atoms with Gasteiger partial charge in [0.2, 0.25) is 0 Å². The van der Waals surface area contributed by atoms with E-state index in [9.17, 15) is 0 Å². The summed E-state index contributed by atoms with van der Waals surface area (Å²) in [5.74, 6) is 0. The molecule has 0 saturated heterocycles. The number of thiophene rings is 2. The maximum absolute atomic E-state index is 4.59. The van der Waals surface area contributed by atoms with Gasteiger partial charge in [0.15, 0.2) is 0 Å². The first-order valence-corrected chi connectivity index (χ1v) is 10.8. The molecular formula is C20H18N2S3. The predicted octanol–water partition coefficient (Wildman–Crippen LogP) is 6.60. The zero-order valence-corrected chi connectivity index (χ0v) is 17.1. The van der Waals surface area contributed by atoms with Crippen LogP contribution in [0.5, 0.6) is 0 Å². The molecule has 3 heterocycles. The van der Waals surface area contributed by atoms with Crippen molar-refractivity contribution in [2.24, 2.45) is 0 Å². The second-order valence-corrected chi connectivity index (χ2v) is 10.4. The van der Waals surface area contributed by atoms with E-state index in [-0.39, 0.29) is 5.41 Å². The van der Waals surface area contributed by atoms with Crippen LogP contribution in [0.2, 0.25) is 0 Å². The SMILES string of the molecule is Cc1cc2c(s1)-c1sc(-c3ccc(C)c4nsnc34)cc1C(C)(C)C2. The van der Waals surface area contributed by atoms with Crippen molar-refractivity contribution in [2.75, 3.05) is 0 Å². The Morgan fingerprint density at radius 3 is 2.60 bits per heavy atom. The number of nitrogens with zero attached hydrogens (tertiary/aromatic N) is 2. The first-order valence-electron chi connectivity index (χ1n) is 8.40. The first-order chi connectivity index (χ1) is 11.9. The molecular weight excluding hydrogens is 364 g/mol. The van der Waals surface area contributed by atoms with E-state index in [1.54, 1.807) is 0 Å². The highest BCUT2D eigenvalue weighted by Crippen LogP contribution is 2.52. The molecule has 0 aliphatic heterocycles. The van der Waals surface area contributed by atoms with Crippen molar-refractivity contribution in [1.29, 1.82) is 0 Å². The van der Waals surface area contributed by atoms with Gasteiger partial charge in [-0.2, -0.15) is 8.75 Å². The molecule has 0 spiro atoms. The molecule has 0 N–H and O–H groups in total. The Morgan fingerprint density at radius 1 is 0.960 bits per heavy atom. The molecule has 0 radical (unpaired) electrons. The third kappa shape index (κ3) is 2.26. The van der Waals surface area contributed by atoms with Gasteiger partial charge in [-0.15, -0.1) is 22.7 Å². The molecule has 5 heteroatoms. The summed E-state index contributed by atoms with van der Waals surface area (Å²) in [7, 11) is 0. The number of hydrogen-bond acceptors (Lipinski definition) is 5. The van der Waals surface area contributed by atoms with Crippen molar-refractivity contribution in [2.45, 2.75) is 39.5 Å². The minimum absolute atomic E-state index is 0.175. The third-order valence-corrected chi connectivity index (χ3v) is 8.07. The Labute approximate surface area is 159 Å². The fraction of sp³-hybridized carbons (Fsp3) is 0.300. The Morgan fingerprint density at radius 2 is 1.76 bits per heavy atom. The summed E-state index contributed by atoms with van der Waals surface area (Å²) in [6, 6.07) is 9.16. The van der Waals surface area contributed by atoms with Crippen LogP contribution in [0.4, 0.5) is 0 Å². The van der Waals surface area contributed by atoms with Crippen molar-refractivity contribution in [3.05, 3.63) is 45.8 Å². The molecule has 5 rings (SSSR count). The summed E-state index contributed by atoms with van der Waals surface area (Å²) in [6.07, 6.45) is 1.12. The van der Waals surface area contributed by atoms with Gasteiger partial charge >= 0.3 is 0 Å². The lowest BCUT2D eigenvalue weighted by Gasteiger charge is -2.29. The smallest absolute Gasteiger partial charge is 0.113 e. The Hall–Kier alpha value is -1.56. The summed E-state index contributed by atoms with van der Waals surface area (Å²) in [5.41, 5.74) is 7.68. The van der Waals surface area contributed by atoms with E-state index in [2.05, 4.69) is 60.7 Å². The number of aryl methyl sites for hydroxylation is 2. The maximum Gasteiger partial charge on any atom is 0.113 e. The molecule has 0 fully saturated rings. The van der Waals surface area contributed by atoms with Crippen molar-refractivity contribution in [1.82, 2.24) is 8.75 Å². The molecule has 126 valence electrons. The minimum Gasteiger partial charge on any atom is -0.173 e. The van der Waals surface area contributed by atoms with Crippen LogP contribution in [0.3, 0.4) is 0 Å². The van der Waals surface area contributed by atoms with E-state index >= 15 is 0 Å². The van der Waals surface area contributed by atoms with Gasteiger partial charge in [-0.3, -0.25) is 0 Å². The number of rotatable bonds is 1. The van der Waals surface area contributed by atoms with Crippen LogP contribution in [0.15, 0.2) is 24.3 Å². The van der Waals surface area contributed by atoms with E-state index in [0.717, 1.165) is 17.5 Å². The van der Waals surface area contributed by atoms with Crippen LogP contribution in [-0.2, 0) is 11.8 Å². The molecule has 0 atom stereocenters. The lowest BCUT2D eigenvalue weighted by Crippen LogP contribution is -2.23. The van der Waals surface area contributed by atoms with Crippen LogP contribution in [0.1, 0.15) is 35.4 Å². The Balaban J connectivity index is 1.77. The summed E-state index contributed by atoms with van der Waals surface area (Å²) < 4.78 is 9.08. The normalized spacial score (nSPS) is 15.4. The molecule has 0 unspecified atom stereocenters. The Bertz CT molecular complexity index is 1130. The van der Waals surface area contributed by atoms with E-state index in [1.165, 1.54) is 53.5 Å². The van der Waals surface area contributed by atoms with E-state index in [0.29, 0.717) is 0 Å². The highest BCUT2D eigenvalue weighted by atomic mass is 32.1. The average molecular weight is 383 g/mol. The Kier molecular flexibility index (Phi) is 3.28. The quantitative estimate of drug-likeness (QED) is 0.371. The topological polar surface area (TPSA) is 25.8 Å². The average Bonchev–Trinajstić information content (AvgIpc) is 3.24. The fourth-order valence-electron chi connectivity index (χ4n) is 3.85. The molecule has 0 bridgehead atoms. The molecule has 1 aromatic carbocycles. The van der Waals surface area contributed by atoms with Crippen LogP contribution in [0, 0.1) is 13.8 Å². The van der Waals surface area contributed by atoms with Crippen LogP contribution in [-0.4, -0.2) is 8.75 Å². The van der Waals surface area contributed by atoms with E-state index < -0.39 is 0 Å². The van der Waals surface area contributed by atoms with E-state index in [1.807, 2.05) is 22.7 Å². The van der Waals surface area contributed by atoms with Gasteiger partial charge in [0.05, 0.1) is 11.7 Å². The fourth-order valence-corrected chi connectivity index (χ4v) is 7.04. The number of fused-ring (bicyclic) bond motifs is 4. The van der Waals surface area contributed by atoms with Gasteiger partial charge in [0.25, 0.3) is 0 Å².